The Labute approximate surface area is 103 Å². The Morgan fingerprint density at radius 3 is 3.00 bits per heavy atom. The number of rotatable bonds is 1. The molecule has 3 rings (SSSR count). The number of halogens is 1. The summed E-state index contributed by atoms with van der Waals surface area (Å²) in [7, 11) is 0. The number of pyridine rings is 1. The number of hydrogen-bond donors (Lipinski definition) is 1. The maximum absolute atomic E-state index is 5.57. The Balaban J connectivity index is 2.27. The minimum Gasteiger partial charge on any atom is -0.374 e. The summed E-state index contributed by atoms with van der Waals surface area (Å²) in [5.74, 6) is 0. The zero-order chi connectivity index (χ0) is 11.1. The van der Waals surface area contributed by atoms with E-state index in [2.05, 4.69) is 31.2 Å². The lowest BCUT2D eigenvalue weighted by Gasteiger charge is -1.95. The molecule has 0 aliphatic heterocycles. The van der Waals surface area contributed by atoms with Gasteiger partial charge in [0, 0.05) is 10.7 Å². The molecule has 3 aromatic heterocycles. The maximum atomic E-state index is 5.57. The van der Waals surface area contributed by atoms with Gasteiger partial charge in [-0.3, -0.25) is 0 Å². The largest absolute Gasteiger partial charge is 0.374 e. The van der Waals surface area contributed by atoms with Gasteiger partial charge in [0.1, 0.15) is 0 Å². The van der Waals surface area contributed by atoms with E-state index in [-0.39, 0.29) is 0 Å². The zero-order valence-corrected chi connectivity index (χ0v) is 10.4. The van der Waals surface area contributed by atoms with E-state index in [4.69, 9.17) is 5.73 Å². The van der Waals surface area contributed by atoms with E-state index in [1.807, 2.05) is 18.3 Å². The number of nitrogens with two attached hydrogens (primary N) is 1. The Hall–Kier alpha value is -1.47. The Kier molecular flexibility index (Phi) is 2.15. The predicted molar refractivity (Wildman–Crippen MR) is 66.2 cm³/mol. The molecule has 0 fully saturated rings. The minimum atomic E-state index is 0.462. The molecule has 0 aliphatic rings. The van der Waals surface area contributed by atoms with Gasteiger partial charge in [-0.1, -0.05) is 27.3 Å². The average molecular weight is 296 g/mol. The first-order chi connectivity index (χ1) is 7.74. The van der Waals surface area contributed by atoms with E-state index in [9.17, 15) is 0 Å². The van der Waals surface area contributed by atoms with Crippen LogP contribution < -0.4 is 5.73 Å². The topological polar surface area (TPSA) is 69.1 Å². The van der Waals surface area contributed by atoms with Crippen LogP contribution >= 0.6 is 27.3 Å². The van der Waals surface area contributed by atoms with Gasteiger partial charge in [-0.2, -0.15) is 5.10 Å². The maximum Gasteiger partial charge on any atom is 0.203 e. The van der Waals surface area contributed by atoms with Crippen molar-refractivity contribution in [3.8, 4) is 10.6 Å². The van der Waals surface area contributed by atoms with Crippen molar-refractivity contribution in [1.82, 2.24) is 19.8 Å². The molecule has 0 radical (unpaired) electrons. The van der Waals surface area contributed by atoms with E-state index >= 15 is 0 Å². The molecule has 3 heterocycles. The summed E-state index contributed by atoms with van der Waals surface area (Å²) in [4.78, 5) is 0. The van der Waals surface area contributed by atoms with Gasteiger partial charge in [-0.25, -0.2) is 4.52 Å². The molecule has 0 bridgehead atoms. The van der Waals surface area contributed by atoms with Gasteiger partial charge in [-0.15, -0.1) is 10.2 Å². The van der Waals surface area contributed by atoms with E-state index in [1.54, 1.807) is 10.7 Å². The smallest absolute Gasteiger partial charge is 0.203 e. The van der Waals surface area contributed by atoms with Crippen molar-refractivity contribution in [3.63, 3.8) is 0 Å². The van der Waals surface area contributed by atoms with Crippen molar-refractivity contribution in [3.05, 3.63) is 29.0 Å². The number of nitrogens with zero attached hydrogens (tertiary/aromatic N) is 4. The summed E-state index contributed by atoms with van der Waals surface area (Å²) in [6.07, 6.45) is 3.65. The fraction of sp³-hybridized carbons (Fsp3) is 0. The fourth-order valence-electron chi connectivity index (χ4n) is 1.46. The molecule has 0 atom stereocenters. The van der Waals surface area contributed by atoms with Gasteiger partial charge in [0.2, 0.25) is 5.13 Å². The number of fused-ring (bicyclic) bond motifs is 1. The number of anilines is 1. The van der Waals surface area contributed by atoms with E-state index in [0.29, 0.717) is 5.13 Å². The molecule has 3 aromatic rings. The third-order valence-electron chi connectivity index (χ3n) is 2.15. The highest BCUT2D eigenvalue weighted by atomic mass is 79.9. The first kappa shape index (κ1) is 9.73. The highest BCUT2D eigenvalue weighted by molar-refractivity contribution is 9.10. The molecule has 5 nitrogen and oxygen atoms in total. The van der Waals surface area contributed by atoms with Crippen LogP contribution in [0.2, 0.25) is 0 Å². The molecule has 80 valence electrons. The minimum absolute atomic E-state index is 0.462. The Bertz CT molecular complexity index is 659. The van der Waals surface area contributed by atoms with Crippen LogP contribution in [0.25, 0.3) is 16.1 Å². The normalized spacial score (nSPS) is 11.1. The summed E-state index contributed by atoms with van der Waals surface area (Å²) in [6, 6.07) is 3.91. The molecular weight excluding hydrogens is 290 g/mol. The molecular formula is C9H6BrN5S. The van der Waals surface area contributed by atoms with Crippen LogP contribution in [0.4, 0.5) is 5.13 Å². The molecule has 0 aromatic carbocycles. The number of nitrogen functional groups attached to an aromatic ring is 1. The lowest BCUT2D eigenvalue weighted by Crippen LogP contribution is -1.84. The monoisotopic (exact) mass is 295 g/mol. The first-order valence-electron chi connectivity index (χ1n) is 4.46. The lowest BCUT2D eigenvalue weighted by molar-refractivity contribution is 0.959. The standard InChI is InChI=1S/C9H6BrN5S/c10-5-1-2-15-7(3-5)6(4-12-15)8-13-14-9(11)16-8/h1-4H,(H2,11,14). The predicted octanol–water partition coefficient (Wildman–Crippen LogP) is 2.20. The van der Waals surface area contributed by atoms with Crippen molar-refractivity contribution < 1.29 is 0 Å². The van der Waals surface area contributed by atoms with Gasteiger partial charge in [0.25, 0.3) is 0 Å². The SMILES string of the molecule is Nc1nnc(-c2cnn3ccc(Br)cc23)s1. The van der Waals surface area contributed by atoms with Gasteiger partial charge in [0.15, 0.2) is 5.01 Å². The van der Waals surface area contributed by atoms with Crippen LogP contribution in [-0.4, -0.2) is 19.8 Å². The molecule has 0 saturated carbocycles. The van der Waals surface area contributed by atoms with Crippen LogP contribution in [0, 0.1) is 0 Å². The van der Waals surface area contributed by atoms with E-state index in [1.165, 1.54) is 11.3 Å². The summed E-state index contributed by atoms with van der Waals surface area (Å²) in [5.41, 5.74) is 7.48. The van der Waals surface area contributed by atoms with E-state index in [0.717, 1.165) is 20.6 Å². The molecule has 0 saturated heterocycles. The summed E-state index contributed by atoms with van der Waals surface area (Å²) in [5, 5.41) is 13.3. The van der Waals surface area contributed by atoms with Crippen LogP contribution in [0.1, 0.15) is 0 Å². The summed E-state index contributed by atoms with van der Waals surface area (Å²) >= 11 is 4.78. The number of hydrogen-bond acceptors (Lipinski definition) is 5. The molecule has 0 unspecified atom stereocenters. The molecule has 16 heavy (non-hydrogen) atoms. The molecule has 0 aliphatic carbocycles. The van der Waals surface area contributed by atoms with Gasteiger partial charge in [-0.05, 0) is 12.1 Å². The molecule has 7 heteroatoms. The van der Waals surface area contributed by atoms with E-state index < -0.39 is 0 Å². The average Bonchev–Trinajstić information content (AvgIpc) is 2.83. The number of aromatic nitrogens is 4. The summed E-state index contributed by atoms with van der Waals surface area (Å²) < 4.78 is 2.79. The van der Waals surface area contributed by atoms with Crippen molar-refractivity contribution >= 4 is 37.9 Å². The van der Waals surface area contributed by atoms with Gasteiger partial charge < -0.3 is 5.73 Å². The van der Waals surface area contributed by atoms with Crippen molar-refractivity contribution in [2.75, 3.05) is 5.73 Å². The second-order valence-electron chi connectivity index (χ2n) is 3.18. The highest BCUT2D eigenvalue weighted by Crippen LogP contribution is 2.29. The van der Waals surface area contributed by atoms with Crippen LogP contribution in [-0.2, 0) is 0 Å². The Morgan fingerprint density at radius 1 is 1.38 bits per heavy atom. The summed E-state index contributed by atoms with van der Waals surface area (Å²) in [6.45, 7) is 0. The fourth-order valence-corrected chi connectivity index (χ4v) is 2.43. The molecule has 2 N–H and O–H groups in total. The third kappa shape index (κ3) is 1.48. The van der Waals surface area contributed by atoms with Gasteiger partial charge in [0.05, 0.1) is 17.3 Å². The zero-order valence-electron chi connectivity index (χ0n) is 7.96. The van der Waals surface area contributed by atoms with Crippen molar-refractivity contribution in [2.45, 2.75) is 0 Å². The van der Waals surface area contributed by atoms with Gasteiger partial charge >= 0.3 is 0 Å². The van der Waals surface area contributed by atoms with Crippen LogP contribution in [0.15, 0.2) is 29.0 Å². The highest BCUT2D eigenvalue weighted by Gasteiger charge is 2.11. The Morgan fingerprint density at radius 2 is 2.25 bits per heavy atom. The molecule has 0 amide bonds. The van der Waals surface area contributed by atoms with Crippen molar-refractivity contribution in [2.24, 2.45) is 0 Å². The van der Waals surface area contributed by atoms with Crippen molar-refractivity contribution in [1.29, 1.82) is 0 Å². The van der Waals surface area contributed by atoms with Crippen LogP contribution in [0.3, 0.4) is 0 Å². The second-order valence-corrected chi connectivity index (χ2v) is 5.10. The molecule has 0 spiro atoms. The quantitative estimate of drug-likeness (QED) is 0.747. The second kappa shape index (κ2) is 3.53. The lowest BCUT2D eigenvalue weighted by atomic mass is 10.3. The van der Waals surface area contributed by atoms with Crippen LogP contribution in [0.5, 0.6) is 0 Å². The first-order valence-corrected chi connectivity index (χ1v) is 6.07. The third-order valence-corrected chi connectivity index (χ3v) is 3.43.